The van der Waals surface area contributed by atoms with Crippen molar-refractivity contribution in [3.05, 3.63) is 58.2 Å². The third-order valence-corrected chi connectivity index (χ3v) is 4.52. The Labute approximate surface area is 215 Å². The molecule has 0 saturated carbocycles. The lowest BCUT2D eigenvalue weighted by Crippen LogP contribution is -2.53. The van der Waals surface area contributed by atoms with E-state index in [1.54, 1.807) is 0 Å². The van der Waals surface area contributed by atoms with Gasteiger partial charge in [0.2, 0.25) is 5.91 Å². The summed E-state index contributed by atoms with van der Waals surface area (Å²) < 4.78 is 118. The van der Waals surface area contributed by atoms with Crippen LogP contribution in [-0.2, 0) is 37.8 Å². The number of aromatic nitrogens is 5. The molecule has 0 spiro atoms. The topological polar surface area (TPSA) is 113 Å². The summed E-state index contributed by atoms with van der Waals surface area (Å²) in [5, 5.41) is 9.27. The number of halogens is 5. The molecule has 0 radical (unpaired) electrons. The maximum atomic E-state index is 14.4. The Morgan fingerprint density at radius 2 is 2.00 bits per heavy atom. The molecule has 0 unspecified atom stereocenters. The van der Waals surface area contributed by atoms with E-state index in [2.05, 4.69) is 15.5 Å². The van der Waals surface area contributed by atoms with Gasteiger partial charge in [-0.25, -0.2) is 4.39 Å². The highest BCUT2D eigenvalue weighted by molar-refractivity contribution is 5.85. The zero-order valence-corrected chi connectivity index (χ0v) is 19.0. The van der Waals surface area contributed by atoms with Gasteiger partial charge in [-0.15, -0.1) is 12.4 Å². The summed E-state index contributed by atoms with van der Waals surface area (Å²) in [5.41, 5.74) is -0.503. The number of carbonyl (C=O) groups excluding carboxylic acids is 1. The average molecular weight is 528 g/mol. The van der Waals surface area contributed by atoms with E-state index in [4.69, 9.17) is 16.7 Å². The van der Waals surface area contributed by atoms with Crippen molar-refractivity contribution < 1.29 is 33.3 Å². The zero-order valence-electron chi connectivity index (χ0n) is 26.2. The van der Waals surface area contributed by atoms with E-state index in [0.717, 1.165) is 26.2 Å². The summed E-state index contributed by atoms with van der Waals surface area (Å²) in [6.07, 6.45) is -2.51. The van der Waals surface area contributed by atoms with Crippen LogP contribution in [-0.4, -0.2) is 41.6 Å². The molecule has 192 valence electrons. The van der Waals surface area contributed by atoms with Crippen LogP contribution in [0.4, 0.5) is 17.6 Å². The van der Waals surface area contributed by atoms with Crippen LogP contribution in [0.25, 0.3) is 11.3 Å². The number of hydrogen-bond acceptors (Lipinski definition) is 5. The molecule has 9 nitrogen and oxygen atoms in total. The van der Waals surface area contributed by atoms with Gasteiger partial charge >= 0.3 is 6.18 Å². The highest BCUT2D eigenvalue weighted by Crippen LogP contribution is 2.32. The first kappa shape index (κ1) is 18.1. The fourth-order valence-electron chi connectivity index (χ4n) is 3.00. The van der Waals surface area contributed by atoms with Gasteiger partial charge in [0.05, 0.1) is 32.7 Å². The molecule has 0 aliphatic carbocycles. The first-order chi connectivity index (χ1) is 18.9. The molecule has 14 heteroatoms. The van der Waals surface area contributed by atoms with Gasteiger partial charge in [0.15, 0.2) is 11.5 Å². The summed E-state index contributed by atoms with van der Waals surface area (Å²) in [4.78, 5) is 24.9. The monoisotopic (exact) mass is 527 g/mol. The van der Waals surface area contributed by atoms with E-state index in [0.29, 0.717) is 23.0 Å². The van der Waals surface area contributed by atoms with Crippen molar-refractivity contribution in [1.29, 1.82) is 0 Å². The number of nitrogens with one attached hydrogen (secondary N) is 1. The summed E-state index contributed by atoms with van der Waals surface area (Å²) >= 11 is 0. The van der Waals surface area contributed by atoms with Crippen LogP contribution in [0.1, 0.15) is 36.1 Å². The summed E-state index contributed by atoms with van der Waals surface area (Å²) in [6.45, 7) is -6.63. The Morgan fingerprint density at radius 1 is 1.29 bits per heavy atom. The number of carbonyl (C=O) groups is 1. The van der Waals surface area contributed by atoms with E-state index in [-0.39, 0.29) is 33.6 Å². The molecule has 3 N–H and O–H groups in total. The molecule has 0 fully saturated rings. The lowest BCUT2D eigenvalue weighted by molar-refractivity contribution is -0.141. The third kappa shape index (κ3) is 6.69. The molecule has 3 heterocycles. The van der Waals surface area contributed by atoms with E-state index in [1.165, 1.54) is 0 Å². The Kier molecular flexibility index (Phi) is 5.28. The molecule has 0 aliphatic rings. The average Bonchev–Trinajstić information content (AvgIpc) is 3.47. The van der Waals surface area contributed by atoms with Gasteiger partial charge in [0.1, 0.15) is 0 Å². The minimum absolute atomic E-state index is 0. The van der Waals surface area contributed by atoms with Gasteiger partial charge in [0.25, 0.3) is 5.56 Å². The van der Waals surface area contributed by atoms with Crippen LogP contribution < -0.4 is 16.6 Å². The van der Waals surface area contributed by atoms with Crippen molar-refractivity contribution in [2.24, 2.45) is 19.7 Å². The molecule has 1 amide bonds. The Balaban J connectivity index is 0.00000645. The molecule has 35 heavy (non-hydrogen) atoms. The first-order valence-corrected chi connectivity index (χ1v) is 9.58. The molecule has 0 saturated heterocycles. The standard InChI is InChI=1S/C21H25F4N7O2.ClH/c1-20(2,28-18(33)15(26)5-12-8-27-31(4)9-12)11-32-16(7-17(29-32)21(23,24)25)13-6-14(22)19(34)30(3)10-13;/h6-10,15H,5,11,26H2,1-4H3,(H,28,33);1H/t15-;/m1./s1/i3D3,4D3,11D2;. The van der Waals surface area contributed by atoms with Crippen molar-refractivity contribution in [2.75, 3.05) is 0 Å². The van der Waals surface area contributed by atoms with Crippen molar-refractivity contribution in [3.8, 4) is 11.3 Å². The van der Waals surface area contributed by atoms with Crippen molar-refractivity contribution in [2.45, 2.75) is 44.5 Å². The number of nitrogens with two attached hydrogens (primary N) is 1. The molecular weight excluding hydrogens is 494 g/mol. The lowest BCUT2D eigenvalue weighted by Gasteiger charge is -2.28. The highest BCUT2D eigenvalue weighted by Gasteiger charge is 2.36. The number of aryl methyl sites for hydroxylation is 2. The summed E-state index contributed by atoms with van der Waals surface area (Å²) in [7, 11) is 0. The van der Waals surface area contributed by atoms with Crippen LogP contribution in [0.3, 0.4) is 0 Å². The van der Waals surface area contributed by atoms with Crippen LogP contribution in [0.2, 0.25) is 0 Å². The zero-order chi connectivity index (χ0) is 32.2. The van der Waals surface area contributed by atoms with E-state index in [9.17, 15) is 27.2 Å². The van der Waals surface area contributed by atoms with Crippen LogP contribution >= 0.6 is 12.4 Å². The molecule has 0 bridgehead atoms. The Morgan fingerprint density at radius 3 is 2.60 bits per heavy atom. The number of hydrogen-bond donors (Lipinski definition) is 2. The van der Waals surface area contributed by atoms with Crippen molar-refractivity contribution >= 4 is 18.3 Å². The van der Waals surface area contributed by atoms with Crippen LogP contribution in [0.5, 0.6) is 0 Å². The third-order valence-electron chi connectivity index (χ3n) is 4.52. The second-order valence-electron chi connectivity index (χ2n) is 7.91. The molecule has 0 aromatic carbocycles. The van der Waals surface area contributed by atoms with E-state index < -0.39 is 72.4 Å². The second-order valence-corrected chi connectivity index (χ2v) is 7.91. The maximum absolute atomic E-state index is 14.4. The van der Waals surface area contributed by atoms with Crippen LogP contribution in [0.15, 0.2) is 35.5 Å². The van der Waals surface area contributed by atoms with Crippen molar-refractivity contribution in [3.63, 3.8) is 0 Å². The summed E-state index contributed by atoms with van der Waals surface area (Å²) in [5.74, 6) is -2.61. The first-order valence-electron chi connectivity index (χ1n) is 13.6. The predicted octanol–water partition coefficient (Wildman–Crippen LogP) is 2.03. The van der Waals surface area contributed by atoms with Gasteiger partial charge in [-0.1, -0.05) is 0 Å². The van der Waals surface area contributed by atoms with Crippen LogP contribution in [0, 0.1) is 5.82 Å². The number of rotatable bonds is 7. The number of nitrogens with zero attached hydrogens (tertiary/aromatic N) is 5. The molecule has 3 aromatic rings. The van der Waals surface area contributed by atoms with Gasteiger partial charge in [-0.05, 0) is 38.0 Å². The Hall–Kier alpha value is -3.19. The summed E-state index contributed by atoms with van der Waals surface area (Å²) in [6, 6.07) is -0.600. The second kappa shape index (κ2) is 10.2. The fourth-order valence-corrected chi connectivity index (χ4v) is 3.00. The van der Waals surface area contributed by atoms with Gasteiger partial charge in [0, 0.05) is 40.1 Å². The molecular formula is C21H26ClF4N7O2. The lowest BCUT2D eigenvalue weighted by atomic mass is 10.0. The number of pyridine rings is 1. The molecule has 3 rings (SSSR count). The molecule has 3 aromatic heterocycles. The van der Waals surface area contributed by atoms with Gasteiger partial charge < -0.3 is 15.6 Å². The maximum Gasteiger partial charge on any atom is 0.435 e. The van der Waals surface area contributed by atoms with Gasteiger partial charge in [-0.2, -0.15) is 23.4 Å². The fraction of sp³-hybridized carbons (Fsp3) is 0.429. The normalized spacial score (nSPS) is 17.3. The van der Waals surface area contributed by atoms with Gasteiger partial charge in [-0.3, -0.25) is 19.0 Å². The Bertz CT molecular complexity index is 1550. The highest BCUT2D eigenvalue weighted by atomic mass is 35.5. The minimum Gasteiger partial charge on any atom is -0.348 e. The molecule has 0 aliphatic heterocycles. The molecule has 1 atom stereocenters. The van der Waals surface area contributed by atoms with Crippen molar-refractivity contribution in [1.82, 2.24) is 29.4 Å². The SMILES string of the molecule is Cl.[2H]C([2H])([2H])n1cc(C[C@@H](N)C(=O)NC(C)(C)C([2H])([2H])n2nc(C(F)(F)F)cc2-c2cc(F)c(=O)n(C([2H])([2H])[2H])c2)cn1. The van der Waals surface area contributed by atoms with E-state index >= 15 is 0 Å². The number of alkyl halides is 3. The van der Waals surface area contributed by atoms with E-state index in [1.807, 2.05) is 0 Å². The minimum atomic E-state index is -5.12. The smallest absolute Gasteiger partial charge is 0.348 e. The predicted molar refractivity (Wildman–Crippen MR) is 122 cm³/mol. The number of amides is 1. The largest absolute Gasteiger partial charge is 0.435 e. The quantitative estimate of drug-likeness (QED) is 0.457.